The number of benzene rings is 1. The third-order valence-electron chi connectivity index (χ3n) is 4.64. The maximum Gasteiger partial charge on any atom is 0.223 e. The predicted molar refractivity (Wildman–Crippen MR) is 103 cm³/mol. The van der Waals surface area contributed by atoms with Gasteiger partial charge in [0.15, 0.2) is 0 Å². The Morgan fingerprint density at radius 3 is 2.96 bits per heavy atom. The normalized spacial score (nSPS) is 17.5. The molecule has 2 aromatic heterocycles. The van der Waals surface area contributed by atoms with E-state index in [0.717, 1.165) is 42.5 Å². The number of aryl methyl sites for hydroxylation is 1. The second kappa shape index (κ2) is 7.43. The molecular formula is C19H21ClN6. The number of hydrogen-bond acceptors (Lipinski definition) is 5. The smallest absolute Gasteiger partial charge is 0.223 e. The topological polar surface area (TPSA) is 58.9 Å². The van der Waals surface area contributed by atoms with Crippen molar-refractivity contribution in [3.05, 3.63) is 59.4 Å². The molecule has 1 fully saturated rings. The highest BCUT2D eigenvalue weighted by molar-refractivity contribution is 6.30. The summed E-state index contributed by atoms with van der Waals surface area (Å²) in [7, 11) is 1.91. The molecule has 1 unspecified atom stereocenters. The molecule has 0 spiro atoms. The van der Waals surface area contributed by atoms with Gasteiger partial charge in [-0.1, -0.05) is 23.7 Å². The highest BCUT2D eigenvalue weighted by atomic mass is 35.5. The fourth-order valence-electron chi connectivity index (χ4n) is 3.37. The van der Waals surface area contributed by atoms with Gasteiger partial charge in [-0.15, -0.1) is 0 Å². The van der Waals surface area contributed by atoms with Gasteiger partial charge in [0.05, 0.1) is 11.4 Å². The van der Waals surface area contributed by atoms with Gasteiger partial charge >= 0.3 is 0 Å². The molecule has 1 saturated heterocycles. The van der Waals surface area contributed by atoms with Crippen molar-refractivity contribution >= 4 is 17.5 Å². The zero-order valence-electron chi connectivity index (χ0n) is 14.6. The number of hydrogen-bond donors (Lipinski definition) is 1. The first-order valence-electron chi connectivity index (χ1n) is 8.72. The molecule has 0 saturated carbocycles. The van der Waals surface area contributed by atoms with Gasteiger partial charge in [-0.3, -0.25) is 9.58 Å². The number of nitrogens with one attached hydrogen (secondary N) is 1. The highest BCUT2D eigenvalue weighted by Gasteiger charge is 2.23. The van der Waals surface area contributed by atoms with Gasteiger partial charge in [-0.2, -0.15) is 5.10 Å². The van der Waals surface area contributed by atoms with E-state index in [4.69, 9.17) is 11.6 Å². The fourth-order valence-corrected chi connectivity index (χ4v) is 3.58. The molecule has 0 amide bonds. The minimum atomic E-state index is 0.343. The Morgan fingerprint density at radius 1 is 1.23 bits per heavy atom. The maximum absolute atomic E-state index is 6.08. The number of likely N-dealkylation sites (tertiary alicyclic amines) is 1. The molecule has 0 radical (unpaired) electrons. The standard InChI is InChI=1S/C19H21ClN6/c1-25-18(6-9-22-25)17-5-8-21-19(24-17)23-16-7-10-26(13-16)12-14-3-2-4-15(20)11-14/h2-6,8-9,11,16H,7,10,12-13H2,1H3,(H,21,23,24). The molecule has 1 aromatic carbocycles. The molecule has 6 nitrogen and oxygen atoms in total. The number of halogens is 1. The molecule has 26 heavy (non-hydrogen) atoms. The molecule has 3 heterocycles. The van der Waals surface area contributed by atoms with Gasteiger partial charge in [-0.25, -0.2) is 9.97 Å². The van der Waals surface area contributed by atoms with Gasteiger partial charge in [0.25, 0.3) is 0 Å². The molecule has 7 heteroatoms. The van der Waals surface area contributed by atoms with Crippen molar-refractivity contribution in [3.8, 4) is 11.4 Å². The van der Waals surface area contributed by atoms with Crippen LogP contribution in [-0.2, 0) is 13.6 Å². The van der Waals surface area contributed by atoms with E-state index in [1.54, 1.807) is 12.4 Å². The number of anilines is 1. The third-order valence-corrected chi connectivity index (χ3v) is 4.87. The summed E-state index contributed by atoms with van der Waals surface area (Å²) >= 11 is 6.08. The van der Waals surface area contributed by atoms with Crippen LogP contribution in [0.15, 0.2) is 48.8 Å². The molecule has 3 aromatic rings. The van der Waals surface area contributed by atoms with Crippen LogP contribution >= 0.6 is 11.6 Å². The number of nitrogens with zero attached hydrogens (tertiary/aromatic N) is 5. The van der Waals surface area contributed by atoms with Gasteiger partial charge in [0.2, 0.25) is 5.95 Å². The minimum Gasteiger partial charge on any atom is -0.350 e. The second-order valence-corrected chi connectivity index (χ2v) is 7.04. The van der Waals surface area contributed by atoms with E-state index in [0.29, 0.717) is 12.0 Å². The lowest BCUT2D eigenvalue weighted by Crippen LogP contribution is -2.26. The quantitative estimate of drug-likeness (QED) is 0.749. The van der Waals surface area contributed by atoms with Crippen LogP contribution in [-0.4, -0.2) is 43.8 Å². The van der Waals surface area contributed by atoms with E-state index in [-0.39, 0.29) is 0 Å². The fraction of sp³-hybridized carbons (Fsp3) is 0.316. The summed E-state index contributed by atoms with van der Waals surface area (Å²) in [6.45, 7) is 2.92. The summed E-state index contributed by atoms with van der Waals surface area (Å²) in [6, 6.07) is 12.3. The largest absolute Gasteiger partial charge is 0.350 e. The first-order chi connectivity index (χ1) is 12.7. The zero-order chi connectivity index (χ0) is 17.9. The van der Waals surface area contributed by atoms with Crippen molar-refractivity contribution < 1.29 is 0 Å². The van der Waals surface area contributed by atoms with Crippen LogP contribution in [0.2, 0.25) is 5.02 Å². The van der Waals surface area contributed by atoms with Gasteiger partial charge < -0.3 is 5.32 Å². The van der Waals surface area contributed by atoms with Gasteiger partial charge in [-0.05, 0) is 36.2 Å². The highest BCUT2D eigenvalue weighted by Crippen LogP contribution is 2.20. The molecule has 0 aliphatic carbocycles. The van der Waals surface area contributed by atoms with E-state index in [9.17, 15) is 0 Å². The molecular weight excluding hydrogens is 348 g/mol. The van der Waals surface area contributed by atoms with Gasteiger partial charge in [0, 0.05) is 50.1 Å². The monoisotopic (exact) mass is 368 g/mol. The van der Waals surface area contributed by atoms with Crippen molar-refractivity contribution in [2.75, 3.05) is 18.4 Å². The maximum atomic E-state index is 6.08. The Labute approximate surface area is 157 Å². The Balaban J connectivity index is 1.39. The average Bonchev–Trinajstić information content (AvgIpc) is 3.24. The SMILES string of the molecule is Cn1nccc1-c1ccnc(NC2CCN(Cc3cccc(Cl)c3)C2)n1. The number of rotatable bonds is 5. The summed E-state index contributed by atoms with van der Waals surface area (Å²) < 4.78 is 1.81. The average molecular weight is 369 g/mol. The first-order valence-corrected chi connectivity index (χ1v) is 9.10. The van der Waals surface area contributed by atoms with Crippen molar-refractivity contribution in [1.82, 2.24) is 24.6 Å². The van der Waals surface area contributed by atoms with Crippen LogP contribution < -0.4 is 5.32 Å². The summed E-state index contributed by atoms with van der Waals surface area (Å²) in [5.41, 5.74) is 3.09. The van der Waals surface area contributed by atoms with E-state index in [1.165, 1.54) is 5.56 Å². The molecule has 1 aliphatic rings. The molecule has 1 N–H and O–H groups in total. The summed E-state index contributed by atoms with van der Waals surface area (Å²) in [5.74, 6) is 0.665. The minimum absolute atomic E-state index is 0.343. The Morgan fingerprint density at radius 2 is 2.15 bits per heavy atom. The van der Waals surface area contributed by atoms with Crippen LogP contribution in [0.3, 0.4) is 0 Å². The molecule has 0 bridgehead atoms. The number of aromatic nitrogens is 4. The predicted octanol–water partition coefficient (Wildman–Crippen LogP) is 3.22. The Hall–Kier alpha value is -2.44. The summed E-state index contributed by atoms with van der Waals surface area (Å²) in [4.78, 5) is 11.4. The summed E-state index contributed by atoms with van der Waals surface area (Å²) in [6.07, 6.45) is 4.63. The van der Waals surface area contributed by atoms with E-state index in [2.05, 4.69) is 31.3 Å². The van der Waals surface area contributed by atoms with Crippen LogP contribution in [0.1, 0.15) is 12.0 Å². The van der Waals surface area contributed by atoms with E-state index >= 15 is 0 Å². The van der Waals surface area contributed by atoms with Crippen LogP contribution in [0.25, 0.3) is 11.4 Å². The lowest BCUT2D eigenvalue weighted by molar-refractivity contribution is 0.328. The molecule has 4 rings (SSSR count). The lowest BCUT2D eigenvalue weighted by Gasteiger charge is -2.17. The van der Waals surface area contributed by atoms with Crippen LogP contribution in [0.5, 0.6) is 0 Å². The van der Waals surface area contributed by atoms with Crippen molar-refractivity contribution in [1.29, 1.82) is 0 Å². The molecule has 134 valence electrons. The zero-order valence-corrected chi connectivity index (χ0v) is 15.4. The van der Waals surface area contributed by atoms with E-state index < -0.39 is 0 Å². The van der Waals surface area contributed by atoms with Crippen molar-refractivity contribution in [2.24, 2.45) is 7.05 Å². The summed E-state index contributed by atoms with van der Waals surface area (Å²) in [5, 5.41) is 8.46. The lowest BCUT2D eigenvalue weighted by atomic mass is 10.2. The Bertz CT molecular complexity index is 893. The molecule has 1 aliphatic heterocycles. The van der Waals surface area contributed by atoms with Crippen molar-refractivity contribution in [2.45, 2.75) is 19.0 Å². The van der Waals surface area contributed by atoms with Crippen LogP contribution in [0, 0.1) is 0 Å². The van der Waals surface area contributed by atoms with E-state index in [1.807, 2.05) is 42.1 Å². The molecule has 1 atom stereocenters. The second-order valence-electron chi connectivity index (χ2n) is 6.60. The van der Waals surface area contributed by atoms with Gasteiger partial charge in [0.1, 0.15) is 0 Å². The Kier molecular flexibility index (Phi) is 4.86. The van der Waals surface area contributed by atoms with Crippen molar-refractivity contribution in [3.63, 3.8) is 0 Å². The third kappa shape index (κ3) is 3.86. The first kappa shape index (κ1) is 17.0. The van der Waals surface area contributed by atoms with Crippen LogP contribution in [0.4, 0.5) is 5.95 Å².